The van der Waals surface area contributed by atoms with Crippen molar-refractivity contribution in [3.63, 3.8) is 0 Å². The molecule has 0 atom stereocenters. The lowest BCUT2D eigenvalue weighted by Crippen LogP contribution is -2.52. The third kappa shape index (κ3) is 7.21. The molecule has 3 heterocycles. The molecule has 0 aliphatic carbocycles. The van der Waals surface area contributed by atoms with Crippen molar-refractivity contribution >= 4 is 21.6 Å². The number of amides is 1. The van der Waals surface area contributed by atoms with Gasteiger partial charge >= 0.3 is 0 Å². The normalized spacial score (nSPS) is 17.3. The van der Waals surface area contributed by atoms with E-state index in [2.05, 4.69) is 20.0 Å². The number of para-hydroxylation sites is 1. The molecule has 2 aromatic carbocycles. The van der Waals surface area contributed by atoms with Crippen molar-refractivity contribution < 1.29 is 22.4 Å². The number of morpholine rings is 1. The molecular formula is C27H34N6O5S. The van der Waals surface area contributed by atoms with E-state index >= 15 is 0 Å². The van der Waals surface area contributed by atoms with Crippen molar-refractivity contribution in [3.05, 3.63) is 66.6 Å². The Labute approximate surface area is 229 Å². The minimum Gasteiger partial charge on any atom is -0.423 e. The van der Waals surface area contributed by atoms with Crippen LogP contribution in [0.1, 0.15) is 5.56 Å². The zero-order valence-corrected chi connectivity index (χ0v) is 22.7. The van der Waals surface area contributed by atoms with Crippen LogP contribution >= 0.6 is 0 Å². The maximum Gasteiger partial charge on any atom is 0.247 e. The summed E-state index contributed by atoms with van der Waals surface area (Å²) in [4.78, 5) is 18.7. The van der Waals surface area contributed by atoms with Crippen LogP contribution in [-0.2, 0) is 26.1 Å². The second-order valence-corrected chi connectivity index (χ2v) is 11.7. The molecule has 2 saturated heterocycles. The van der Waals surface area contributed by atoms with Crippen molar-refractivity contribution in [2.75, 3.05) is 75.6 Å². The first-order valence-electron chi connectivity index (χ1n) is 13.2. The number of ether oxygens (including phenoxy) is 1. The average molecular weight is 555 g/mol. The summed E-state index contributed by atoms with van der Waals surface area (Å²) in [5, 5.41) is 7.62. The quantitative estimate of drug-likeness (QED) is 0.368. The molecular weight excluding hydrogens is 520 g/mol. The molecule has 11 nitrogen and oxygen atoms in total. The SMILES string of the molecule is O=C(CN1CCN(CCS(=O)(=O)N(Cc2ccc(-c3nnco3)cc2)c2ccccc2)CC1)N1CCOCC1. The van der Waals surface area contributed by atoms with Crippen LogP contribution in [0.15, 0.2) is 65.4 Å². The van der Waals surface area contributed by atoms with Gasteiger partial charge in [0.2, 0.25) is 28.2 Å². The van der Waals surface area contributed by atoms with E-state index in [1.54, 1.807) is 0 Å². The van der Waals surface area contributed by atoms with Crippen LogP contribution in [0.3, 0.4) is 0 Å². The Bertz CT molecular complexity index is 1290. The van der Waals surface area contributed by atoms with Crippen molar-refractivity contribution in [2.24, 2.45) is 0 Å². The van der Waals surface area contributed by atoms with E-state index in [-0.39, 0.29) is 18.2 Å². The van der Waals surface area contributed by atoms with Gasteiger partial charge in [-0.1, -0.05) is 30.3 Å². The van der Waals surface area contributed by atoms with E-state index in [4.69, 9.17) is 9.15 Å². The number of carbonyl (C=O) groups excluding carboxylic acids is 1. The predicted octanol–water partition coefficient (Wildman–Crippen LogP) is 1.55. The fourth-order valence-corrected chi connectivity index (χ4v) is 6.29. The van der Waals surface area contributed by atoms with Gasteiger partial charge in [-0.25, -0.2) is 8.42 Å². The van der Waals surface area contributed by atoms with Gasteiger partial charge in [-0.3, -0.25) is 18.9 Å². The number of piperazine rings is 1. The Morgan fingerprint density at radius 2 is 1.59 bits per heavy atom. The first kappa shape index (κ1) is 27.3. The van der Waals surface area contributed by atoms with Gasteiger partial charge in [-0.15, -0.1) is 10.2 Å². The molecule has 12 heteroatoms. The molecule has 5 rings (SSSR count). The number of anilines is 1. The highest BCUT2D eigenvalue weighted by Crippen LogP contribution is 2.23. The number of aromatic nitrogens is 2. The smallest absolute Gasteiger partial charge is 0.247 e. The van der Waals surface area contributed by atoms with Crippen LogP contribution in [0, 0.1) is 0 Å². The van der Waals surface area contributed by atoms with Gasteiger partial charge in [0.15, 0.2) is 0 Å². The molecule has 0 saturated carbocycles. The maximum atomic E-state index is 13.6. The summed E-state index contributed by atoms with van der Waals surface area (Å²) in [6.07, 6.45) is 1.28. The second kappa shape index (κ2) is 12.7. The van der Waals surface area contributed by atoms with E-state index in [1.165, 1.54) is 10.7 Å². The second-order valence-electron chi connectivity index (χ2n) is 9.71. The van der Waals surface area contributed by atoms with Crippen molar-refractivity contribution in [1.29, 1.82) is 0 Å². The Balaban J connectivity index is 1.17. The fraction of sp³-hybridized carbons (Fsp3) is 0.444. The van der Waals surface area contributed by atoms with Gasteiger partial charge in [-0.2, -0.15) is 0 Å². The standard InChI is InChI=1S/C27H34N6O5S/c34-26(32-14-17-37-18-15-32)21-31-12-10-30(11-13-31)16-19-39(35,36)33(25-4-2-1-3-5-25)20-23-6-8-24(9-7-23)27-29-28-22-38-27/h1-9,22H,10-21H2. The van der Waals surface area contributed by atoms with Gasteiger partial charge in [0.1, 0.15) is 0 Å². The molecule has 0 N–H and O–H groups in total. The van der Waals surface area contributed by atoms with Gasteiger partial charge in [0.05, 0.1) is 37.7 Å². The van der Waals surface area contributed by atoms with Crippen molar-refractivity contribution in [2.45, 2.75) is 6.54 Å². The average Bonchev–Trinajstić information content (AvgIpc) is 3.52. The maximum absolute atomic E-state index is 13.6. The van der Waals surface area contributed by atoms with Crippen LogP contribution in [-0.4, -0.2) is 111 Å². The van der Waals surface area contributed by atoms with Gasteiger partial charge < -0.3 is 14.1 Å². The zero-order valence-electron chi connectivity index (χ0n) is 21.9. The largest absolute Gasteiger partial charge is 0.423 e. The van der Waals surface area contributed by atoms with E-state index in [0.717, 1.165) is 37.3 Å². The summed E-state index contributed by atoms with van der Waals surface area (Å²) in [5.41, 5.74) is 2.25. The highest BCUT2D eigenvalue weighted by molar-refractivity contribution is 7.92. The number of carbonyl (C=O) groups is 1. The van der Waals surface area contributed by atoms with Gasteiger partial charge in [-0.05, 0) is 29.8 Å². The van der Waals surface area contributed by atoms with Crippen molar-refractivity contribution in [3.8, 4) is 11.5 Å². The minimum absolute atomic E-state index is 0.00860. The van der Waals surface area contributed by atoms with E-state index in [9.17, 15) is 13.2 Å². The van der Waals surface area contributed by atoms with Crippen LogP contribution in [0.4, 0.5) is 5.69 Å². The fourth-order valence-electron chi connectivity index (χ4n) is 4.79. The lowest BCUT2D eigenvalue weighted by molar-refractivity contribution is -0.136. The zero-order chi connectivity index (χ0) is 27.1. The Morgan fingerprint density at radius 1 is 0.897 bits per heavy atom. The van der Waals surface area contributed by atoms with Crippen LogP contribution in [0.2, 0.25) is 0 Å². The molecule has 0 bridgehead atoms. The van der Waals surface area contributed by atoms with E-state index in [1.807, 2.05) is 59.5 Å². The first-order chi connectivity index (χ1) is 19.0. The summed E-state index contributed by atoms with van der Waals surface area (Å²) in [5.74, 6) is 0.562. The molecule has 3 aromatic rings. The molecule has 2 aliphatic rings. The summed E-state index contributed by atoms with van der Waals surface area (Å²) in [6, 6.07) is 16.6. The van der Waals surface area contributed by atoms with Crippen LogP contribution in [0.25, 0.3) is 11.5 Å². The highest BCUT2D eigenvalue weighted by Gasteiger charge is 2.27. The Kier molecular flexibility index (Phi) is 8.87. The highest BCUT2D eigenvalue weighted by atomic mass is 32.2. The number of hydrogen-bond donors (Lipinski definition) is 0. The number of sulfonamides is 1. The topological polar surface area (TPSA) is 112 Å². The van der Waals surface area contributed by atoms with Crippen LogP contribution in [0.5, 0.6) is 0 Å². The molecule has 0 spiro atoms. The number of hydrogen-bond acceptors (Lipinski definition) is 9. The number of benzene rings is 2. The molecule has 0 radical (unpaired) electrons. The predicted molar refractivity (Wildman–Crippen MR) is 146 cm³/mol. The molecule has 1 amide bonds. The van der Waals surface area contributed by atoms with E-state index in [0.29, 0.717) is 51.0 Å². The Hall–Kier alpha value is -3.32. The summed E-state index contributed by atoms with van der Waals surface area (Å²) < 4.78 is 39.3. The number of nitrogens with zero attached hydrogens (tertiary/aromatic N) is 6. The van der Waals surface area contributed by atoms with Crippen LogP contribution < -0.4 is 4.31 Å². The lowest BCUT2D eigenvalue weighted by atomic mass is 10.1. The van der Waals surface area contributed by atoms with Gasteiger partial charge in [0.25, 0.3) is 0 Å². The third-order valence-electron chi connectivity index (χ3n) is 7.12. The molecule has 2 aliphatic heterocycles. The monoisotopic (exact) mass is 554 g/mol. The summed E-state index contributed by atoms with van der Waals surface area (Å²) in [7, 11) is -3.61. The number of rotatable bonds is 10. The third-order valence-corrected chi connectivity index (χ3v) is 8.83. The minimum atomic E-state index is -3.61. The summed E-state index contributed by atoms with van der Waals surface area (Å²) >= 11 is 0. The Morgan fingerprint density at radius 3 is 2.26 bits per heavy atom. The lowest BCUT2D eigenvalue weighted by Gasteiger charge is -2.36. The summed E-state index contributed by atoms with van der Waals surface area (Å²) in [6.45, 7) is 6.49. The van der Waals surface area contributed by atoms with Crippen molar-refractivity contribution in [1.82, 2.24) is 24.9 Å². The molecule has 39 heavy (non-hydrogen) atoms. The van der Waals surface area contributed by atoms with Gasteiger partial charge in [0, 0.05) is 51.4 Å². The molecule has 1 aromatic heterocycles. The first-order valence-corrected chi connectivity index (χ1v) is 14.8. The molecule has 2 fully saturated rings. The van der Waals surface area contributed by atoms with E-state index < -0.39 is 10.0 Å². The molecule has 0 unspecified atom stereocenters. The molecule has 208 valence electrons.